The minimum atomic E-state index is -0.461. The Kier molecular flexibility index (Phi) is 3.77. The van der Waals surface area contributed by atoms with Crippen LogP contribution in [0.3, 0.4) is 0 Å². The number of aromatic nitrogens is 1. The highest BCUT2D eigenvalue weighted by Gasteiger charge is 2.31. The molecule has 2 heterocycles. The maximum Gasteiger partial charge on any atom is 0.324 e. The molecular formula is C13H12ClN3O3S. The molecule has 0 bridgehead atoms. The molecule has 0 radical (unpaired) electrons. The molecule has 110 valence electrons. The lowest BCUT2D eigenvalue weighted by Gasteiger charge is -2.15. The summed E-state index contributed by atoms with van der Waals surface area (Å²) in [5, 5.41) is 3.10. The predicted molar refractivity (Wildman–Crippen MR) is 79.4 cm³/mol. The first-order chi connectivity index (χ1) is 10.0. The van der Waals surface area contributed by atoms with Crippen molar-refractivity contribution in [3.63, 3.8) is 0 Å². The van der Waals surface area contributed by atoms with E-state index < -0.39 is 5.25 Å². The number of nitrogens with one attached hydrogen (secondary N) is 1. The van der Waals surface area contributed by atoms with E-state index in [-0.39, 0.29) is 11.9 Å². The van der Waals surface area contributed by atoms with Gasteiger partial charge in [-0.3, -0.25) is 9.69 Å². The standard InChI is InChI=1S/C13H12ClN3O3S/c1-7(11(18)17-5-4-15-12(17)19)21-13-16-9-6-8(14)2-3-10(9)20-13/h2-3,6-7H,4-5H2,1H3,(H,15,19). The number of oxazole rings is 1. The minimum absolute atomic E-state index is 0.254. The second-order valence-electron chi connectivity index (χ2n) is 4.57. The molecule has 0 aliphatic carbocycles. The summed E-state index contributed by atoms with van der Waals surface area (Å²) in [4.78, 5) is 29.2. The van der Waals surface area contributed by atoms with Crippen LogP contribution < -0.4 is 5.32 Å². The number of halogens is 1. The number of hydrogen-bond donors (Lipinski definition) is 1. The lowest BCUT2D eigenvalue weighted by molar-refractivity contribution is -0.126. The van der Waals surface area contributed by atoms with Crippen LogP contribution in [-0.4, -0.2) is 40.2 Å². The van der Waals surface area contributed by atoms with Crippen molar-refractivity contribution in [2.24, 2.45) is 0 Å². The number of nitrogens with zero attached hydrogens (tertiary/aromatic N) is 2. The van der Waals surface area contributed by atoms with Gasteiger partial charge in [-0.05, 0) is 25.1 Å². The highest BCUT2D eigenvalue weighted by atomic mass is 35.5. The molecule has 3 amide bonds. The van der Waals surface area contributed by atoms with Crippen molar-refractivity contribution in [3.8, 4) is 0 Å². The lowest BCUT2D eigenvalue weighted by Crippen LogP contribution is -2.38. The number of rotatable bonds is 3. The van der Waals surface area contributed by atoms with E-state index in [1.165, 1.54) is 16.7 Å². The maximum absolute atomic E-state index is 12.2. The molecule has 0 saturated carbocycles. The van der Waals surface area contributed by atoms with Crippen LogP contribution in [0.15, 0.2) is 27.8 Å². The molecule has 21 heavy (non-hydrogen) atoms. The minimum Gasteiger partial charge on any atom is -0.431 e. The smallest absolute Gasteiger partial charge is 0.324 e. The lowest BCUT2D eigenvalue weighted by atomic mass is 10.3. The summed E-state index contributed by atoms with van der Waals surface area (Å²) in [6, 6.07) is 4.80. The van der Waals surface area contributed by atoms with Gasteiger partial charge < -0.3 is 9.73 Å². The van der Waals surface area contributed by atoms with Gasteiger partial charge in [-0.15, -0.1) is 0 Å². The monoisotopic (exact) mass is 325 g/mol. The molecule has 8 heteroatoms. The third-order valence-corrected chi connectivity index (χ3v) is 4.24. The fraction of sp³-hybridized carbons (Fsp3) is 0.308. The van der Waals surface area contributed by atoms with Gasteiger partial charge in [-0.1, -0.05) is 23.4 Å². The number of imide groups is 1. The first kappa shape index (κ1) is 14.2. The first-order valence-electron chi connectivity index (χ1n) is 6.36. The number of amides is 3. The van der Waals surface area contributed by atoms with Crippen molar-refractivity contribution in [3.05, 3.63) is 23.2 Å². The Labute approximate surface area is 129 Å². The molecular weight excluding hydrogens is 314 g/mol. The zero-order chi connectivity index (χ0) is 15.0. The highest BCUT2D eigenvalue weighted by Crippen LogP contribution is 2.29. The van der Waals surface area contributed by atoms with Crippen LogP contribution in [-0.2, 0) is 4.79 Å². The number of thioether (sulfide) groups is 1. The van der Waals surface area contributed by atoms with E-state index in [0.29, 0.717) is 34.4 Å². The van der Waals surface area contributed by atoms with E-state index in [1.807, 2.05) is 0 Å². The molecule has 3 rings (SSSR count). The molecule has 2 aromatic rings. The van der Waals surface area contributed by atoms with Crippen LogP contribution >= 0.6 is 23.4 Å². The Morgan fingerprint density at radius 3 is 3.10 bits per heavy atom. The second kappa shape index (κ2) is 5.57. The number of hydrogen-bond acceptors (Lipinski definition) is 5. The Hall–Kier alpha value is -1.73. The largest absolute Gasteiger partial charge is 0.431 e. The number of carbonyl (C=O) groups is 2. The van der Waals surface area contributed by atoms with Crippen molar-refractivity contribution in [1.29, 1.82) is 0 Å². The number of benzene rings is 1. The van der Waals surface area contributed by atoms with Crippen LogP contribution in [0.1, 0.15) is 6.92 Å². The van der Waals surface area contributed by atoms with Crippen LogP contribution in [0.5, 0.6) is 0 Å². The molecule has 1 aromatic heterocycles. The van der Waals surface area contributed by atoms with E-state index in [4.69, 9.17) is 16.0 Å². The van der Waals surface area contributed by atoms with Crippen molar-refractivity contribution >= 4 is 46.4 Å². The average molecular weight is 326 g/mol. The summed E-state index contributed by atoms with van der Waals surface area (Å²) in [6.07, 6.45) is 0. The highest BCUT2D eigenvalue weighted by molar-refractivity contribution is 8.00. The van der Waals surface area contributed by atoms with Crippen molar-refractivity contribution < 1.29 is 14.0 Å². The van der Waals surface area contributed by atoms with Crippen LogP contribution in [0.4, 0.5) is 4.79 Å². The maximum atomic E-state index is 12.2. The summed E-state index contributed by atoms with van der Waals surface area (Å²) in [5.74, 6) is -0.254. The Bertz CT molecular complexity index is 718. The molecule has 1 N–H and O–H groups in total. The third-order valence-electron chi connectivity index (χ3n) is 3.08. The summed E-state index contributed by atoms with van der Waals surface area (Å²) < 4.78 is 5.56. The van der Waals surface area contributed by atoms with Gasteiger partial charge in [0.25, 0.3) is 5.22 Å². The van der Waals surface area contributed by atoms with Crippen molar-refractivity contribution in [2.75, 3.05) is 13.1 Å². The molecule has 1 fully saturated rings. The van der Waals surface area contributed by atoms with Gasteiger partial charge in [0.1, 0.15) is 5.52 Å². The summed E-state index contributed by atoms with van der Waals surface area (Å²) >= 11 is 7.07. The van der Waals surface area contributed by atoms with Crippen molar-refractivity contribution in [2.45, 2.75) is 17.4 Å². The van der Waals surface area contributed by atoms with E-state index >= 15 is 0 Å². The predicted octanol–water partition coefficient (Wildman–Crippen LogP) is 2.51. The number of urea groups is 1. The van der Waals surface area contributed by atoms with Gasteiger partial charge in [-0.25, -0.2) is 9.78 Å². The SMILES string of the molecule is CC(Sc1nc2cc(Cl)ccc2o1)C(=O)N1CCNC1=O. The van der Waals surface area contributed by atoms with Gasteiger partial charge in [0, 0.05) is 18.1 Å². The fourth-order valence-electron chi connectivity index (χ4n) is 2.03. The summed E-state index contributed by atoms with van der Waals surface area (Å²) in [7, 11) is 0. The van der Waals surface area contributed by atoms with Crippen LogP contribution in [0, 0.1) is 0 Å². The molecule has 6 nitrogen and oxygen atoms in total. The molecule has 0 spiro atoms. The van der Waals surface area contributed by atoms with E-state index in [1.54, 1.807) is 25.1 Å². The molecule has 1 aromatic carbocycles. The van der Waals surface area contributed by atoms with E-state index in [2.05, 4.69) is 10.3 Å². The van der Waals surface area contributed by atoms with Crippen molar-refractivity contribution in [1.82, 2.24) is 15.2 Å². The van der Waals surface area contributed by atoms with Gasteiger partial charge in [0.15, 0.2) is 5.58 Å². The zero-order valence-corrected chi connectivity index (χ0v) is 12.7. The summed E-state index contributed by atoms with van der Waals surface area (Å²) in [5.41, 5.74) is 1.25. The Balaban J connectivity index is 1.75. The molecule has 1 unspecified atom stereocenters. The number of carbonyl (C=O) groups excluding carboxylic acids is 2. The van der Waals surface area contributed by atoms with Gasteiger partial charge in [0.05, 0.1) is 5.25 Å². The Morgan fingerprint density at radius 1 is 1.57 bits per heavy atom. The first-order valence-corrected chi connectivity index (χ1v) is 7.62. The number of fused-ring (bicyclic) bond motifs is 1. The molecule has 1 saturated heterocycles. The van der Waals surface area contributed by atoms with Gasteiger partial charge in [0.2, 0.25) is 5.91 Å². The van der Waals surface area contributed by atoms with Crippen LogP contribution in [0.2, 0.25) is 5.02 Å². The van der Waals surface area contributed by atoms with Gasteiger partial charge in [-0.2, -0.15) is 0 Å². The quantitative estimate of drug-likeness (QED) is 0.878. The zero-order valence-electron chi connectivity index (χ0n) is 11.1. The molecule has 1 atom stereocenters. The third kappa shape index (κ3) is 2.84. The fourth-order valence-corrected chi connectivity index (χ4v) is 3.02. The normalized spacial score (nSPS) is 16.3. The average Bonchev–Trinajstić information content (AvgIpc) is 3.03. The van der Waals surface area contributed by atoms with E-state index in [0.717, 1.165) is 0 Å². The van der Waals surface area contributed by atoms with Gasteiger partial charge >= 0.3 is 6.03 Å². The molecule has 1 aliphatic heterocycles. The Morgan fingerprint density at radius 2 is 2.38 bits per heavy atom. The van der Waals surface area contributed by atoms with E-state index in [9.17, 15) is 9.59 Å². The second-order valence-corrected chi connectivity index (χ2v) is 6.30. The summed E-state index contributed by atoms with van der Waals surface area (Å²) in [6.45, 7) is 2.61. The topological polar surface area (TPSA) is 75.4 Å². The van der Waals surface area contributed by atoms with Crippen LogP contribution in [0.25, 0.3) is 11.1 Å². The molecule has 1 aliphatic rings.